The molecule has 0 amide bonds. The topological polar surface area (TPSA) is 55.1 Å². The van der Waals surface area contributed by atoms with E-state index in [2.05, 4.69) is 5.10 Å². The summed E-state index contributed by atoms with van der Waals surface area (Å²) in [4.78, 5) is 11.0. The van der Waals surface area contributed by atoms with Crippen molar-refractivity contribution in [3.63, 3.8) is 0 Å². The van der Waals surface area contributed by atoms with Gasteiger partial charge in [0.1, 0.15) is 5.82 Å². The fraction of sp³-hybridized carbons (Fsp3) is 0.286. The van der Waals surface area contributed by atoms with Crippen LogP contribution in [0.5, 0.6) is 0 Å². The molecule has 1 heterocycles. The minimum absolute atomic E-state index is 0.00503. The number of aryl methyl sites for hydroxylation is 2. The van der Waals surface area contributed by atoms with E-state index in [-0.39, 0.29) is 11.5 Å². The molecule has 4 nitrogen and oxygen atoms in total. The zero-order valence-electron chi connectivity index (χ0n) is 10.9. The Hall–Kier alpha value is -2.17. The molecule has 0 aliphatic heterocycles. The zero-order valence-corrected chi connectivity index (χ0v) is 10.9. The second-order valence-corrected chi connectivity index (χ2v) is 4.41. The number of nitrogens with zero attached hydrogens (tertiary/aromatic N) is 2. The van der Waals surface area contributed by atoms with Crippen molar-refractivity contribution in [1.82, 2.24) is 9.78 Å². The molecule has 0 saturated carbocycles. The highest BCUT2D eigenvalue weighted by molar-refractivity contribution is 5.87. The van der Waals surface area contributed by atoms with E-state index in [9.17, 15) is 9.18 Å². The van der Waals surface area contributed by atoms with Gasteiger partial charge in [0.05, 0.1) is 5.69 Å². The molecule has 0 bridgehead atoms. The number of carboxylic acid groups (broad SMARTS) is 1. The Balaban J connectivity index is 2.52. The number of halogens is 1. The van der Waals surface area contributed by atoms with Crippen molar-refractivity contribution in [3.8, 4) is 11.3 Å². The largest absolute Gasteiger partial charge is 0.476 e. The van der Waals surface area contributed by atoms with Gasteiger partial charge < -0.3 is 5.11 Å². The quantitative estimate of drug-likeness (QED) is 0.921. The summed E-state index contributed by atoms with van der Waals surface area (Å²) >= 11 is 0. The Morgan fingerprint density at radius 1 is 1.42 bits per heavy atom. The van der Waals surface area contributed by atoms with Crippen LogP contribution in [0.25, 0.3) is 11.3 Å². The summed E-state index contributed by atoms with van der Waals surface area (Å²) in [5, 5.41) is 13.1. The zero-order chi connectivity index (χ0) is 14.0. The summed E-state index contributed by atoms with van der Waals surface area (Å²) in [5.74, 6) is -1.33. The highest BCUT2D eigenvalue weighted by Crippen LogP contribution is 2.23. The summed E-state index contributed by atoms with van der Waals surface area (Å²) < 4.78 is 14.9. The monoisotopic (exact) mass is 262 g/mol. The second-order valence-electron chi connectivity index (χ2n) is 4.41. The van der Waals surface area contributed by atoms with Gasteiger partial charge in [0.15, 0.2) is 5.69 Å². The van der Waals surface area contributed by atoms with Crippen LogP contribution >= 0.6 is 0 Å². The van der Waals surface area contributed by atoms with Crippen LogP contribution in [0.1, 0.15) is 29.4 Å². The van der Waals surface area contributed by atoms with E-state index in [1.54, 1.807) is 23.7 Å². The van der Waals surface area contributed by atoms with Gasteiger partial charge in [0.25, 0.3) is 0 Å². The van der Waals surface area contributed by atoms with Crippen LogP contribution in [-0.2, 0) is 6.54 Å². The molecular formula is C14H15FN2O2. The van der Waals surface area contributed by atoms with Gasteiger partial charge >= 0.3 is 5.97 Å². The maximum atomic E-state index is 13.3. The lowest BCUT2D eigenvalue weighted by Gasteiger charge is -2.07. The lowest BCUT2D eigenvalue weighted by Crippen LogP contribution is -2.04. The molecule has 1 aromatic heterocycles. The molecule has 2 aromatic rings. The van der Waals surface area contributed by atoms with Crippen molar-refractivity contribution >= 4 is 5.97 Å². The number of carbonyl (C=O) groups is 1. The van der Waals surface area contributed by atoms with Crippen LogP contribution in [0.2, 0.25) is 0 Å². The van der Waals surface area contributed by atoms with E-state index in [1.165, 1.54) is 12.1 Å². The predicted molar refractivity (Wildman–Crippen MR) is 69.6 cm³/mol. The molecule has 0 saturated heterocycles. The smallest absolute Gasteiger partial charge is 0.356 e. The van der Waals surface area contributed by atoms with Gasteiger partial charge in [-0.3, -0.25) is 4.68 Å². The van der Waals surface area contributed by atoms with Crippen LogP contribution < -0.4 is 0 Å². The standard InChI is InChI=1S/C14H15FN2O2/c1-3-6-17-13(8-12(16-17)14(18)19)10-4-5-11(15)9(2)7-10/h4-5,7-8H,3,6H2,1-2H3,(H,18,19). The Morgan fingerprint density at radius 2 is 2.16 bits per heavy atom. The summed E-state index contributed by atoms with van der Waals surface area (Å²) in [6, 6.07) is 6.24. The van der Waals surface area contributed by atoms with Crippen LogP contribution in [0.3, 0.4) is 0 Å². The minimum atomic E-state index is -1.06. The Morgan fingerprint density at radius 3 is 2.74 bits per heavy atom. The van der Waals surface area contributed by atoms with Crippen molar-refractivity contribution in [1.29, 1.82) is 0 Å². The van der Waals surface area contributed by atoms with Crippen molar-refractivity contribution in [2.75, 3.05) is 0 Å². The number of aromatic nitrogens is 2. The van der Waals surface area contributed by atoms with Crippen molar-refractivity contribution < 1.29 is 14.3 Å². The lowest BCUT2D eigenvalue weighted by molar-refractivity contribution is 0.0689. The van der Waals surface area contributed by atoms with E-state index >= 15 is 0 Å². The third kappa shape index (κ3) is 2.65. The highest BCUT2D eigenvalue weighted by Gasteiger charge is 2.14. The molecule has 0 atom stereocenters. The summed E-state index contributed by atoms with van der Waals surface area (Å²) in [5.41, 5.74) is 2.00. The SMILES string of the molecule is CCCn1nc(C(=O)O)cc1-c1ccc(F)c(C)c1. The number of hydrogen-bond donors (Lipinski definition) is 1. The lowest BCUT2D eigenvalue weighted by atomic mass is 10.1. The first-order valence-electron chi connectivity index (χ1n) is 6.10. The molecule has 100 valence electrons. The van der Waals surface area contributed by atoms with Crippen molar-refractivity contribution in [2.24, 2.45) is 0 Å². The van der Waals surface area contributed by atoms with Gasteiger partial charge in [-0.15, -0.1) is 0 Å². The van der Waals surface area contributed by atoms with E-state index < -0.39 is 5.97 Å². The normalized spacial score (nSPS) is 10.7. The molecule has 5 heteroatoms. The van der Waals surface area contributed by atoms with Crippen molar-refractivity contribution in [2.45, 2.75) is 26.8 Å². The number of hydrogen-bond acceptors (Lipinski definition) is 2. The Labute approximate surface area is 110 Å². The van der Waals surface area contributed by atoms with Crippen LogP contribution in [0.15, 0.2) is 24.3 Å². The molecule has 0 aliphatic carbocycles. The van der Waals surface area contributed by atoms with Crippen molar-refractivity contribution in [3.05, 3.63) is 41.3 Å². The second kappa shape index (κ2) is 5.22. The molecule has 0 aliphatic rings. The third-order valence-corrected chi connectivity index (χ3v) is 2.89. The van der Waals surface area contributed by atoms with Crippen LogP contribution in [0.4, 0.5) is 4.39 Å². The third-order valence-electron chi connectivity index (χ3n) is 2.89. The van der Waals surface area contributed by atoms with Gasteiger partial charge in [0.2, 0.25) is 0 Å². The molecular weight excluding hydrogens is 247 g/mol. The Kier molecular flexibility index (Phi) is 3.64. The average molecular weight is 262 g/mol. The molecule has 2 rings (SSSR count). The van der Waals surface area contributed by atoms with Crippen LogP contribution in [-0.4, -0.2) is 20.9 Å². The van der Waals surface area contributed by atoms with E-state index in [0.29, 0.717) is 17.8 Å². The molecule has 0 unspecified atom stereocenters. The number of aromatic carboxylic acids is 1. The number of rotatable bonds is 4. The molecule has 0 spiro atoms. The fourth-order valence-electron chi connectivity index (χ4n) is 1.94. The fourth-order valence-corrected chi connectivity index (χ4v) is 1.94. The Bertz CT molecular complexity index is 620. The van der Waals surface area contributed by atoms with Gasteiger partial charge in [-0.25, -0.2) is 9.18 Å². The molecule has 0 radical (unpaired) electrons. The summed E-state index contributed by atoms with van der Waals surface area (Å²) in [7, 11) is 0. The molecule has 1 N–H and O–H groups in total. The van der Waals surface area contributed by atoms with Gasteiger partial charge in [0, 0.05) is 12.1 Å². The van der Waals surface area contributed by atoms with Gasteiger partial charge in [-0.2, -0.15) is 5.10 Å². The molecule has 1 aromatic carbocycles. The first-order chi connectivity index (χ1) is 9.02. The van der Waals surface area contributed by atoms with E-state index in [0.717, 1.165) is 12.0 Å². The number of carboxylic acids is 1. The molecule has 0 fully saturated rings. The van der Waals surface area contributed by atoms with Gasteiger partial charge in [-0.05, 0) is 43.2 Å². The van der Waals surface area contributed by atoms with Gasteiger partial charge in [-0.1, -0.05) is 6.92 Å². The molecule has 19 heavy (non-hydrogen) atoms. The first kappa shape index (κ1) is 13.3. The predicted octanol–water partition coefficient (Wildman–Crippen LogP) is 3.11. The van der Waals surface area contributed by atoms with Crippen LogP contribution in [0, 0.1) is 12.7 Å². The maximum absolute atomic E-state index is 13.3. The van der Waals surface area contributed by atoms with E-state index in [4.69, 9.17) is 5.11 Å². The van der Waals surface area contributed by atoms with E-state index in [1.807, 2.05) is 6.92 Å². The minimum Gasteiger partial charge on any atom is -0.476 e. The summed E-state index contributed by atoms with van der Waals surface area (Å²) in [6.45, 7) is 4.29. The average Bonchev–Trinajstić information content (AvgIpc) is 2.77. The first-order valence-corrected chi connectivity index (χ1v) is 6.10. The number of benzene rings is 1. The summed E-state index contributed by atoms with van der Waals surface area (Å²) in [6.07, 6.45) is 0.841. The highest BCUT2D eigenvalue weighted by atomic mass is 19.1. The maximum Gasteiger partial charge on any atom is 0.356 e.